The van der Waals surface area contributed by atoms with Gasteiger partial charge in [-0.2, -0.15) is 8.42 Å². The minimum absolute atomic E-state index is 0.0533. The molecule has 1 saturated carbocycles. The normalized spacial score (nSPS) is 24.8. The molecule has 4 rings (SSSR count). The highest BCUT2D eigenvalue weighted by Crippen LogP contribution is 2.35. The third-order valence-electron chi connectivity index (χ3n) is 7.55. The van der Waals surface area contributed by atoms with Crippen molar-refractivity contribution in [2.24, 2.45) is 16.8 Å². The quantitative estimate of drug-likeness (QED) is 0.0470. The van der Waals surface area contributed by atoms with E-state index < -0.39 is 75.4 Å². The number of carbonyl (C=O) groups excluding carboxylic acids is 4. The minimum atomic E-state index is -5.07. The number of nitrogens with two attached hydrogens (primary N) is 2. The first-order valence-electron chi connectivity index (χ1n) is 13.6. The van der Waals surface area contributed by atoms with E-state index in [9.17, 15) is 42.0 Å². The number of carboxylic acid groups (broad SMARTS) is 1. The molecule has 1 aromatic rings. The lowest BCUT2D eigenvalue weighted by molar-refractivity contribution is -0.165. The van der Waals surface area contributed by atoms with E-state index in [4.69, 9.17) is 16.3 Å². The molecule has 0 bridgehead atoms. The second kappa shape index (κ2) is 13.3. The van der Waals surface area contributed by atoms with E-state index >= 15 is 0 Å². The second-order valence-corrected chi connectivity index (χ2v) is 12.7. The molecule has 2 aliphatic heterocycles. The number of nitrogens with zero attached hydrogens (tertiary/aromatic N) is 3. The molecule has 1 aromatic heterocycles. The van der Waals surface area contributed by atoms with Crippen molar-refractivity contribution in [2.45, 2.75) is 62.3 Å². The van der Waals surface area contributed by atoms with E-state index in [0.29, 0.717) is 12.8 Å². The van der Waals surface area contributed by atoms with Gasteiger partial charge in [0.05, 0.1) is 6.04 Å². The van der Waals surface area contributed by atoms with Crippen LogP contribution in [0.1, 0.15) is 44.2 Å². The third kappa shape index (κ3) is 7.17. The van der Waals surface area contributed by atoms with Crippen LogP contribution in [-0.4, -0.2) is 106 Å². The van der Waals surface area contributed by atoms with Gasteiger partial charge in [0.1, 0.15) is 11.7 Å². The molecular formula is C23H33N9O10S2. The largest absolute Gasteiger partial charge is 0.478 e. The predicted octanol–water partition coefficient (Wildman–Crippen LogP) is -2.51. The second-order valence-electron chi connectivity index (χ2n) is 10.5. The number of carbonyl (C=O) groups is 5. The van der Waals surface area contributed by atoms with Crippen molar-refractivity contribution in [3.05, 3.63) is 11.1 Å². The number of anilines is 1. The molecule has 1 aliphatic carbocycles. The maximum absolute atomic E-state index is 13.4. The fourth-order valence-corrected chi connectivity index (χ4v) is 6.79. The lowest BCUT2D eigenvalue weighted by Gasteiger charge is -2.45. The van der Waals surface area contributed by atoms with Crippen LogP contribution in [0.5, 0.6) is 0 Å². The van der Waals surface area contributed by atoms with Crippen molar-refractivity contribution in [2.75, 3.05) is 25.4 Å². The van der Waals surface area contributed by atoms with Gasteiger partial charge in [-0.05, 0) is 25.7 Å². The number of hydrogen-bond acceptors (Lipinski definition) is 13. The van der Waals surface area contributed by atoms with E-state index in [1.54, 1.807) is 0 Å². The highest BCUT2D eigenvalue weighted by Gasteiger charge is 2.56. The topological polar surface area (TPSA) is 298 Å². The number of oxime groups is 1. The molecule has 19 nitrogen and oxygen atoms in total. The number of β-lactam (4-membered cyclic amide) rings is 1. The van der Waals surface area contributed by atoms with Crippen LogP contribution in [0.2, 0.25) is 0 Å². The summed E-state index contributed by atoms with van der Waals surface area (Å²) in [6, 6.07) is -3.89. The highest BCUT2D eigenvalue weighted by molar-refractivity contribution is 7.84. The molecule has 0 radical (unpaired) electrons. The van der Waals surface area contributed by atoms with Gasteiger partial charge in [-0.3, -0.25) is 18.9 Å². The number of thiazole rings is 1. The Morgan fingerprint density at radius 1 is 1.25 bits per heavy atom. The van der Waals surface area contributed by atoms with Crippen molar-refractivity contribution in [3.8, 4) is 0 Å². The molecule has 3 heterocycles. The first-order valence-corrected chi connectivity index (χ1v) is 15.9. The molecule has 1 unspecified atom stereocenters. The Kier molecular flexibility index (Phi) is 9.91. The summed E-state index contributed by atoms with van der Waals surface area (Å²) < 4.78 is 33.9. The average Bonchev–Trinajstić information content (AvgIpc) is 3.69. The summed E-state index contributed by atoms with van der Waals surface area (Å²) in [7, 11) is -5.07. The Hall–Kier alpha value is -4.08. The Bertz CT molecular complexity index is 1440. The molecule has 0 spiro atoms. The molecule has 3 fully saturated rings. The van der Waals surface area contributed by atoms with Gasteiger partial charge in [0.15, 0.2) is 10.8 Å². The number of urea groups is 1. The zero-order valence-electron chi connectivity index (χ0n) is 23.2. The number of amides is 5. The summed E-state index contributed by atoms with van der Waals surface area (Å²) in [6.45, 7) is 0.534. The van der Waals surface area contributed by atoms with E-state index in [0.717, 1.165) is 11.3 Å². The van der Waals surface area contributed by atoms with Crippen molar-refractivity contribution < 1.29 is 46.9 Å². The molecule has 242 valence electrons. The van der Waals surface area contributed by atoms with Crippen LogP contribution in [0.3, 0.4) is 0 Å². The monoisotopic (exact) mass is 659 g/mol. The summed E-state index contributed by atoms with van der Waals surface area (Å²) >= 11 is 0.955. The fraction of sp³-hybridized carbons (Fsp3) is 0.609. The molecular weight excluding hydrogens is 626 g/mol. The maximum atomic E-state index is 13.4. The standard InChI is InChI=1S/C23H33N9O10S2/c24-5-6-26-22(38)27-9-12-7-11(17(33)28-12)8-14-16(19(35)32(14)44(39,40)41)30-18(34)15(13-10-43-21(25)29-13)31-42-23(20(36)37)3-1-2-4-23/h10-12,14,16H,1-9,24H2,(H2,25,29)(H,28,33)(H,30,34)(H,36,37)(H2,26,27,38)(H,39,40,41)/b31-15-/t11-,12?,14-,16+/m1/s1. The van der Waals surface area contributed by atoms with Crippen molar-refractivity contribution in [1.82, 2.24) is 30.6 Å². The Morgan fingerprint density at radius 2 is 1.95 bits per heavy atom. The lowest BCUT2D eigenvalue weighted by Crippen LogP contribution is -2.72. The van der Waals surface area contributed by atoms with E-state index in [1.165, 1.54) is 5.38 Å². The van der Waals surface area contributed by atoms with Gasteiger partial charge in [-0.15, -0.1) is 11.3 Å². The van der Waals surface area contributed by atoms with E-state index in [-0.39, 0.29) is 60.4 Å². The van der Waals surface area contributed by atoms with Crippen LogP contribution in [0.4, 0.5) is 9.93 Å². The van der Waals surface area contributed by atoms with Crippen LogP contribution in [0.25, 0.3) is 0 Å². The van der Waals surface area contributed by atoms with Crippen molar-refractivity contribution in [1.29, 1.82) is 0 Å². The summed E-state index contributed by atoms with van der Waals surface area (Å²) in [6.07, 6.45) is 1.28. The molecule has 3 aliphatic rings. The van der Waals surface area contributed by atoms with Gasteiger partial charge in [0.2, 0.25) is 11.5 Å². The fourth-order valence-electron chi connectivity index (χ4n) is 5.35. The number of nitrogen functional groups attached to an aromatic ring is 1. The summed E-state index contributed by atoms with van der Waals surface area (Å²) in [5, 5.41) is 25.0. The Balaban J connectivity index is 1.50. The average molecular weight is 660 g/mol. The summed E-state index contributed by atoms with van der Waals surface area (Å²) in [4.78, 5) is 72.0. The Morgan fingerprint density at radius 3 is 2.55 bits per heavy atom. The highest BCUT2D eigenvalue weighted by atomic mass is 32.2. The lowest BCUT2D eigenvalue weighted by atomic mass is 9.87. The summed E-state index contributed by atoms with van der Waals surface area (Å²) in [5.74, 6) is -4.83. The Labute approximate surface area is 255 Å². The molecule has 4 atom stereocenters. The summed E-state index contributed by atoms with van der Waals surface area (Å²) in [5.41, 5.74) is 8.76. The van der Waals surface area contributed by atoms with Crippen LogP contribution in [0, 0.1) is 5.92 Å². The van der Waals surface area contributed by atoms with Crippen LogP contribution >= 0.6 is 11.3 Å². The van der Waals surface area contributed by atoms with Crippen molar-refractivity contribution >= 4 is 62.2 Å². The van der Waals surface area contributed by atoms with Crippen molar-refractivity contribution in [3.63, 3.8) is 0 Å². The van der Waals surface area contributed by atoms with Gasteiger partial charge >= 0.3 is 22.3 Å². The number of rotatable bonds is 13. The van der Waals surface area contributed by atoms with Gasteiger partial charge in [-0.1, -0.05) is 5.16 Å². The third-order valence-corrected chi connectivity index (χ3v) is 9.17. The van der Waals surface area contributed by atoms with Crippen LogP contribution in [-0.2, 0) is 34.3 Å². The zero-order valence-corrected chi connectivity index (χ0v) is 24.9. The molecule has 0 aromatic carbocycles. The maximum Gasteiger partial charge on any atom is 0.362 e. The number of carboxylic acids is 1. The molecule has 5 amide bonds. The molecule has 21 heteroatoms. The van der Waals surface area contributed by atoms with Gasteiger partial charge in [-0.25, -0.2) is 18.9 Å². The first-order chi connectivity index (χ1) is 20.8. The van der Waals surface area contributed by atoms with Gasteiger partial charge in [0.25, 0.3) is 11.8 Å². The predicted molar refractivity (Wildman–Crippen MR) is 152 cm³/mol. The number of aliphatic carboxylic acids is 1. The van der Waals surface area contributed by atoms with E-state index in [2.05, 4.69) is 31.4 Å². The van der Waals surface area contributed by atoms with Gasteiger partial charge in [0, 0.05) is 49.8 Å². The van der Waals surface area contributed by atoms with Gasteiger partial charge < -0.3 is 42.7 Å². The smallest absolute Gasteiger partial charge is 0.362 e. The first kappa shape index (κ1) is 32.8. The minimum Gasteiger partial charge on any atom is -0.478 e. The van der Waals surface area contributed by atoms with Crippen LogP contribution < -0.4 is 32.7 Å². The number of nitrogens with one attached hydrogen (secondary N) is 4. The SMILES string of the molecule is NCCNC(=O)NCC1C[C@H](C[C@@H]2[C@H](NC(=O)/C(=N\OC3(C(=O)O)CCCC3)c3csc(N)n3)C(=O)N2S(=O)(=O)O)C(=O)N1. The van der Waals surface area contributed by atoms with Crippen LogP contribution in [0.15, 0.2) is 10.5 Å². The van der Waals surface area contributed by atoms with E-state index in [1.807, 2.05) is 0 Å². The molecule has 10 N–H and O–H groups in total. The number of aromatic nitrogens is 1. The number of hydrogen-bond donors (Lipinski definition) is 8. The molecule has 2 saturated heterocycles. The zero-order chi connectivity index (χ0) is 32.2. The molecule has 44 heavy (non-hydrogen) atoms.